The monoisotopic (exact) mass is 181 g/mol. The molecule has 1 radical (unpaired) electrons. The van der Waals surface area contributed by atoms with Gasteiger partial charge in [-0.1, -0.05) is 0 Å². The van der Waals surface area contributed by atoms with Gasteiger partial charge >= 0.3 is 18.2 Å². The van der Waals surface area contributed by atoms with Crippen molar-refractivity contribution in [3.8, 4) is 0 Å². The predicted octanol–water partition coefficient (Wildman–Crippen LogP) is -1.11. The number of fused-ring (bicyclic) bond motifs is 1. The molecule has 0 aromatic rings. The molecule has 2 saturated heterocycles. The average molecular weight is 181 g/mol. The molecule has 13 heavy (non-hydrogen) atoms. The highest BCUT2D eigenvalue weighted by Crippen LogP contribution is 2.22. The molecule has 2 rings (SSSR count). The van der Waals surface area contributed by atoms with E-state index in [1.165, 1.54) is 6.41 Å². The summed E-state index contributed by atoms with van der Waals surface area (Å²) in [5.74, 6) is -1.30. The van der Waals surface area contributed by atoms with Crippen molar-refractivity contribution >= 4 is 18.2 Å². The van der Waals surface area contributed by atoms with Gasteiger partial charge in [0.15, 0.2) is 0 Å². The zero-order valence-electron chi connectivity index (χ0n) is 7.02. The molecule has 0 spiro atoms. The fourth-order valence-electron chi connectivity index (χ4n) is 1.90. The van der Waals surface area contributed by atoms with E-state index in [1.54, 1.807) is 4.90 Å². The lowest BCUT2D eigenvalue weighted by atomic mass is 10.1. The third-order valence-electron chi connectivity index (χ3n) is 2.57. The molecule has 2 aliphatic rings. The molecule has 2 aliphatic heterocycles. The van der Waals surface area contributed by atoms with Gasteiger partial charge in [-0.3, -0.25) is 19.3 Å². The fourth-order valence-corrected chi connectivity index (χ4v) is 1.90. The van der Waals surface area contributed by atoms with Crippen LogP contribution in [-0.4, -0.2) is 47.2 Å². The number of rotatable bonds is 1. The van der Waals surface area contributed by atoms with Gasteiger partial charge in [0, 0.05) is 6.54 Å². The van der Waals surface area contributed by atoms with Crippen LogP contribution >= 0.6 is 0 Å². The highest BCUT2D eigenvalue weighted by molar-refractivity contribution is 6.37. The minimum atomic E-state index is -0.742. The van der Waals surface area contributed by atoms with Crippen molar-refractivity contribution < 1.29 is 14.4 Å². The van der Waals surface area contributed by atoms with Crippen molar-refractivity contribution in [3.05, 3.63) is 0 Å². The van der Waals surface area contributed by atoms with Gasteiger partial charge in [-0.15, -0.1) is 0 Å². The van der Waals surface area contributed by atoms with Gasteiger partial charge in [-0.05, 0) is 12.8 Å². The van der Waals surface area contributed by atoms with Crippen molar-refractivity contribution in [1.82, 2.24) is 9.80 Å². The molecule has 5 nitrogen and oxygen atoms in total. The lowest BCUT2D eigenvalue weighted by molar-refractivity contribution is -0.154. The number of hydrogen-bond donors (Lipinski definition) is 0. The van der Waals surface area contributed by atoms with E-state index in [0.29, 0.717) is 13.1 Å². The molecule has 0 N–H and O–H groups in total. The van der Waals surface area contributed by atoms with Gasteiger partial charge in [0.2, 0.25) is 0 Å². The van der Waals surface area contributed by atoms with Crippen molar-refractivity contribution in [2.75, 3.05) is 13.1 Å². The molecule has 0 saturated carbocycles. The molecular formula is C8H9N2O3. The topological polar surface area (TPSA) is 57.7 Å². The Hall–Kier alpha value is -1.39. The Bertz CT molecular complexity index is 277. The van der Waals surface area contributed by atoms with Gasteiger partial charge in [0.05, 0.1) is 12.6 Å². The van der Waals surface area contributed by atoms with Crippen LogP contribution in [0.1, 0.15) is 12.8 Å². The molecule has 0 aliphatic carbocycles. The van der Waals surface area contributed by atoms with E-state index in [0.717, 1.165) is 17.7 Å². The Kier molecular flexibility index (Phi) is 1.79. The Morgan fingerprint density at radius 1 is 1.31 bits per heavy atom. The Morgan fingerprint density at radius 3 is 2.77 bits per heavy atom. The first kappa shape index (κ1) is 8.22. The Balaban J connectivity index is 2.22. The van der Waals surface area contributed by atoms with Crippen LogP contribution in [0, 0.1) is 0 Å². The summed E-state index contributed by atoms with van der Waals surface area (Å²) in [4.78, 5) is 35.2. The average Bonchev–Trinajstić information content (AvgIpc) is 2.59. The first-order chi connectivity index (χ1) is 6.24. The summed E-state index contributed by atoms with van der Waals surface area (Å²) < 4.78 is 0. The maximum atomic E-state index is 11.3. The summed E-state index contributed by atoms with van der Waals surface area (Å²) in [7, 11) is 0. The second-order valence-electron chi connectivity index (χ2n) is 3.30. The lowest BCUT2D eigenvalue weighted by Crippen LogP contribution is -2.56. The summed E-state index contributed by atoms with van der Waals surface area (Å²) in [6, 6.07) is 0.0339. The Morgan fingerprint density at radius 2 is 2.08 bits per heavy atom. The summed E-state index contributed by atoms with van der Waals surface area (Å²) in [5.41, 5.74) is 0. The molecule has 3 amide bonds. The van der Waals surface area contributed by atoms with Crippen molar-refractivity contribution in [3.63, 3.8) is 0 Å². The SMILES string of the molecule is O=[C]N1C[C@@H]2CCCN2C(=O)C1=O. The molecule has 5 heteroatoms. The zero-order valence-corrected chi connectivity index (χ0v) is 7.02. The number of carbonyl (C=O) groups is 2. The third-order valence-corrected chi connectivity index (χ3v) is 2.57. The van der Waals surface area contributed by atoms with E-state index in [4.69, 9.17) is 0 Å². The smallest absolute Gasteiger partial charge is 0.319 e. The number of piperazine rings is 1. The molecular weight excluding hydrogens is 172 g/mol. The van der Waals surface area contributed by atoms with Gasteiger partial charge in [-0.2, -0.15) is 0 Å². The highest BCUT2D eigenvalue weighted by atomic mass is 16.2. The van der Waals surface area contributed by atoms with Crippen LogP contribution in [0.5, 0.6) is 0 Å². The van der Waals surface area contributed by atoms with Crippen molar-refractivity contribution in [2.45, 2.75) is 18.9 Å². The summed E-state index contributed by atoms with van der Waals surface area (Å²) >= 11 is 0. The van der Waals surface area contributed by atoms with Crippen molar-refractivity contribution in [1.29, 1.82) is 0 Å². The summed E-state index contributed by atoms with van der Waals surface area (Å²) in [5, 5.41) is 0. The van der Waals surface area contributed by atoms with Gasteiger partial charge < -0.3 is 4.90 Å². The number of nitrogens with zero attached hydrogens (tertiary/aromatic N) is 2. The molecule has 1 atom stereocenters. The van der Waals surface area contributed by atoms with Crippen LogP contribution in [0.4, 0.5) is 0 Å². The van der Waals surface area contributed by atoms with E-state index in [-0.39, 0.29) is 6.04 Å². The zero-order chi connectivity index (χ0) is 9.42. The second kappa shape index (κ2) is 2.83. The number of imide groups is 1. The largest absolute Gasteiger partial charge is 0.330 e. The van der Waals surface area contributed by atoms with E-state index in [9.17, 15) is 14.4 Å². The third kappa shape index (κ3) is 1.11. The lowest BCUT2D eigenvalue weighted by Gasteiger charge is -2.32. The molecule has 0 aromatic carbocycles. The summed E-state index contributed by atoms with van der Waals surface area (Å²) in [6.07, 6.45) is 3.27. The first-order valence-corrected chi connectivity index (χ1v) is 4.24. The maximum Gasteiger partial charge on any atom is 0.319 e. The molecule has 69 valence electrons. The van der Waals surface area contributed by atoms with Crippen LogP contribution in [0.3, 0.4) is 0 Å². The maximum absolute atomic E-state index is 11.3. The van der Waals surface area contributed by atoms with Crippen molar-refractivity contribution in [2.24, 2.45) is 0 Å². The van der Waals surface area contributed by atoms with Crippen LogP contribution < -0.4 is 0 Å². The van der Waals surface area contributed by atoms with E-state index in [2.05, 4.69) is 0 Å². The van der Waals surface area contributed by atoms with E-state index in [1.807, 2.05) is 0 Å². The van der Waals surface area contributed by atoms with Crippen LogP contribution in [-0.2, 0) is 14.4 Å². The first-order valence-electron chi connectivity index (χ1n) is 4.24. The fraction of sp³-hybridized carbons (Fsp3) is 0.625. The second-order valence-corrected chi connectivity index (χ2v) is 3.30. The molecule has 2 fully saturated rings. The number of carbonyl (C=O) groups excluding carboxylic acids is 3. The standard InChI is InChI=1S/C8H9N2O3/c11-5-9-4-6-2-1-3-10(6)8(13)7(9)12/h6H,1-4H2/t6-/m0/s1. The van der Waals surface area contributed by atoms with E-state index >= 15 is 0 Å². The predicted molar refractivity (Wildman–Crippen MR) is 42.1 cm³/mol. The van der Waals surface area contributed by atoms with Crippen LogP contribution in [0.15, 0.2) is 0 Å². The van der Waals surface area contributed by atoms with Gasteiger partial charge in [-0.25, -0.2) is 0 Å². The van der Waals surface area contributed by atoms with Gasteiger partial charge in [0.25, 0.3) is 0 Å². The molecule has 0 unspecified atom stereocenters. The summed E-state index contributed by atoms with van der Waals surface area (Å²) in [6.45, 7) is 0.954. The quantitative estimate of drug-likeness (QED) is 0.482. The van der Waals surface area contributed by atoms with Crippen LogP contribution in [0.25, 0.3) is 0 Å². The van der Waals surface area contributed by atoms with Crippen LogP contribution in [0.2, 0.25) is 0 Å². The number of amides is 3. The van der Waals surface area contributed by atoms with Gasteiger partial charge in [0.1, 0.15) is 0 Å². The molecule has 0 aromatic heterocycles. The molecule has 0 bridgehead atoms. The number of hydrogen-bond acceptors (Lipinski definition) is 3. The molecule has 2 heterocycles. The minimum absolute atomic E-state index is 0.0339. The highest BCUT2D eigenvalue weighted by Gasteiger charge is 2.41. The van der Waals surface area contributed by atoms with E-state index < -0.39 is 11.8 Å². The normalized spacial score (nSPS) is 27.8. The Labute approximate surface area is 75.3 Å². The minimum Gasteiger partial charge on any atom is -0.330 e.